The zero-order valence-corrected chi connectivity index (χ0v) is 16.3. The third-order valence-electron chi connectivity index (χ3n) is 5.37. The molecule has 1 saturated carbocycles. The van der Waals surface area contributed by atoms with Crippen LogP contribution in [0.2, 0.25) is 0 Å². The molecule has 0 radical (unpaired) electrons. The summed E-state index contributed by atoms with van der Waals surface area (Å²) in [7, 11) is 1.94. The van der Waals surface area contributed by atoms with Crippen molar-refractivity contribution in [2.75, 3.05) is 0 Å². The number of amides is 1. The SMILES string of the molecule is Cc1nn(C)c(C)c1CN(C(=O)c1nc(-c2ccccc2)[nH]c1C)C1CC1. The summed E-state index contributed by atoms with van der Waals surface area (Å²) >= 11 is 0. The summed E-state index contributed by atoms with van der Waals surface area (Å²) in [5.74, 6) is 0.733. The summed E-state index contributed by atoms with van der Waals surface area (Å²) < 4.78 is 1.88. The Hall–Kier alpha value is -2.89. The number of rotatable bonds is 5. The molecule has 1 aromatic carbocycles. The van der Waals surface area contributed by atoms with Gasteiger partial charge < -0.3 is 9.88 Å². The number of nitrogens with zero attached hydrogens (tertiary/aromatic N) is 4. The van der Waals surface area contributed by atoms with Crippen LogP contribution in [0.25, 0.3) is 11.4 Å². The van der Waals surface area contributed by atoms with Crippen LogP contribution in [0.5, 0.6) is 0 Å². The van der Waals surface area contributed by atoms with Crippen molar-refractivity contribution in [3.05, 3.63) is 58.7 Å². The van der Waals surface area contributed by atoms with Crippen LogP contribution in [-0.2, 0) is 13.6 Å². The van der Waals surface area contributed by atoms with E-state index < -0.39 is 0 Å². The molecule has 2 heterocycles. The van der Waals surface area contributed by atoms with Crippen molar-refractivity contribution in [2.45, 2.75) is 46.2 Å². The van der Waals surface area contributed by atoms with E-state index in [2.05, 4.69) is 22.0 Å². The van der Waals surface area contributed by atoms with Crippen LogP contribution in [-0.4, -0.2) is 36.6 Å². The van der Waals surface area contributed by atoms with Gasteiger partial charge in [0.25, 0.3) is 5.91 Å². The molecule has 1 amide bonds. The van der Waals surface area contributed by atoms with Crippen molar-refractivity contribution in [2.24, 2.45) is 7.05 Å². The minimum Gasteiger partial charge on any atom is -0.341 e. The smallest absolute Gasteiger partial charge is 0.274 e. The predicted octanol–water partition coefficient (Wildman–Crippen LogP) is 3.54. The highest BCUT2D eigenvalue weighted by molar-refractivity contribution is 5.94. The molecule has 0 aliphatic heterocycles. The van der Waals surface area contributed by atoms with Gasteiger partial charge in [-0.3, -0.25) is 9.48 Å². The number of aromatic amines is 1. The molecule has 6 heteroatoms. The van der Waals surface area contributed by atoms with E-state index in [1.165, 1.54) is 0 Å². The molecule has 1 fully saturated rings. The number of carbonyl (C=O) groups is 1. The van der Waals surface area contributed by atoms with E-state index in [0.717, 1.165) is 46.9 Å². The summed E-state index contributed by atoms with van der Waals surface area (Å²) in [5, 5.41) is 4.49. The molecule has 1 aliphatic rings. The molecule has 27 heavy (non-hydrogen) atoms. The van der Waals surface area contributed by atoms with Gasteiger partial charge in [-0.1, -0.05) is 30.3 Å². The number of carbonyl (C=O) groups excluding carboxylic acids is 1. The van der Waals surface area contributed by atoms with Crippen LogP contribution >= 0.6 is 0 Å². The van der Waals surface area contributed by atoms with Crippen molar-refractivity contribution < 1.29 is 4.79 Å². The zero-order valence-electron chi connectivity index (χ0n) is 16.3. The Labute approximate surface area is 159 Å². The average Bonchev–Trinajstić information content (AvgIpc) is 3.38. The molecule has 2 aromatic heterocycles. The molecule has 0 spiro atoms. The summed E-state index contributed by atoms with van der Waals surface area (Å²) in [5.41, 5.74) is 5.53. The standard InChI is InChI=1S/C21H25N5O/c1-13-18(15(3)25(4)24-13)12-26(17-10-11-17)21(27)19-14(2)22-20(23-19)16-8-6-5-7-9-16/h5-9,17H,10-12H2,1-4H3,(H,22,23). The highest BCUT2D eigenvalue weighted by Gasteiger charge is 2.35. The largest absolute Gasteiger partial charge is 0.341 e. The molecule has 1 aliphatic carbocycles. The maximum atomic E-state index is 13.3. The summed E-state index contributed by atoms with van der Waals surface area (Å²) in [6.07, 6.45) is 2.11. The number of H-pyrrole nitrogens is 1. The molecule has 140 valence electrons. The van der Waals surface area contributed by atoms with E-state index >= 15 is 0 Å². The number of aromatic nitrogens is 4. The van der Waals surface area contributed by atoms with Crippen molar-refractivity contribution in [1.82, 2.24) is 24.6 Å². The van der Waals surface area contributed by atoms with Gasteiger partial charge in [-0.15, -0.1) is 0 Å². The molecular formula is C21H25N5O. The fraction of sp³-hybridized carbons (Fsp3) is 0.381. The number of benzene rings is 1. The lowest BCUT2D eigenvalue weighted by molar-refractivity contribution is 0.0723. The molecule has 0 bridgehead atoms. The van der Waals surface area contributed by atoms with E-state index in [1.54, 1.807) is 0 Å². The zero-order chi connectivity index (χ0) is 19.1. The van der Waals surface area contributed by atoms with Gasteiger partial charge >= 0.3 is 0 Å². The third-order valence-corrected chi connectivity index (χ3v) is 5.37. The molecule has 6 nitrogen and oxygen atoms in total. The van der Waals surface area contributed by atoms with E-state index in [0.29, 0.717) is 18.3 Å². The number of nitrogens with one attached hydrogen (secondary N) is 1. The summed E-state index contributed by atoms with van der Waals surface area (Å²) in [6.45, 7) is 6.56. The van der Waals surface area contributed by atoms with Gasteiger partial charge in [0.05, 0.1) is 5.69 Å². The van der Waals surface area contributed by atoms with Crippen LogP contribution in [0.1, 0.15) is 46.0 Å². The average molecular weight is 363 g/mol. The van der Waals surface area contributed by atoms with Crippen LogP contribution in [0, 0.1) is 20.8 Å². The Morgan fingerprint density at radius 3 is 2.52 bits per heavy atom. The lowest BCUT2D eigenvalue weighted by Gasteiger charge is -2.22. The van der Waals surface area contributed by atoms with Crippen molar-refractivity contribution in [3.63, 3.8) is 0 Å². The van der Waals surface area contributed by atoms with Gasteiger partial charge in [-0.2, -0.15) is 5.10 Å². The molecule has 3 aromatic rings. The number of imidazole rings is 1. The normalized spacial score (nSPS) is 13.8. The Balaban J connectivity index is 1.64. The van der Waals surface area contributed by atoms with Gasteiger partial charge in [0.1, 0.15) is 11.5 Å². The molecule has 4 rings (SSSR count). The predicted molar refractivity (Wildman–Crippen MR) is 104 cm³/mol. The highest BCUT2D eigenvalue weighted by Crippen LogP contribution is 2.31. The first-order chi connectivity index (χ1) is 13.0. The Morgan fingerprint density at radius 2 is 1.93 bits per heavy atom. The number of aryl methyl sites for hydroxylation is 3. The topological polar surface area (TPSA) is 66.8 Å². The minimum atomic E-state index is -0.00363. The van der Waals surface area contributed by atoms with Crippen LogP contribution in [0.4, 0.5) is 0 Å². The first kappa shape index (κ1) is 17.5. The van der Waals surface area contributed by atoms with E-state index in [-0.39, 0.29) is 5.91 Å². The maximum absolute atomic E-state index is 13.3. The quantitative estimate of drug-likeness (QED) is 0.754. The first-order valence-electron chi connectivity index (χ1n) is 9.37. The maximum Gasteiger partial charge on any atom is 0.274 e. The van der Waals surface area contributed by atoms with Gasteiger partial charge in [-0.25, -0.2) is 4.98 Å². The second-order valence-corrected chi connectivity index (χ2v) is 7.36. The van der Waals surface area contributed by atoms with Crippen LogP contribution in [0.15, 0.2) is 30.3 Å². The third kappa shape index (κ3) is 3.27. The molecular weight excluding hydrogens is 338 g/mol. The molecule has 0 atom stereocenters. The first-order valence-corrected chi connectivity index (χ1v) is 9.37. The highest BCUT2D eigenvalue weighted by atomic mass is 16.2. The minimum absolute atomic E-state index is 0.00363. The van der Waals surface area contributed by atoms with E-state index in [4.69, 9.17) is 0 Å². The van der Waals surface area contributed by atoms with Gasteiger partial charge in [0, 0.05) is 42.1 Å². The Morgan fingerprint density at radius 1 is 1.22 bits per heavy atom. The summed E-state index contributed by atoms with van der Waals surface area (Å²) in [4.78, 5) is 23.2. The lowest BCUT2D eigenvalue weighted by atomic mass is 10.1. The van der Waals surface area contributed by atoms with Gasteiger partial charge in [-0.05, 0) is 33.6 Å². The lowest BCUT2D eigenvalue weighted by Crippen LogP contribution is -2.33. The second-order valence-electron chi connectivity index (χ2n) is 7.36. The summed E-state index contributed by atoms with van der Waals surface area (Å²) in [6, 6.07) is 10.2. The van der Waals surface area contributed by atoms with Crippen LogP contribution < -0.4 is 0 Å². The van der Waals surface area contributed by atoms with Crippen molar-refractivity contribution in [3.8, 4) is 11.4 Å². The van der Waals surface area contributed by atoms with Crippen molar-refractivity contribution >= 4 is 5.91 Å². The fourth-order valence-electron chi connectivity index (χ4n) is 3.51. The van der Waals surface area contributed by atoms with Crippen LogP contribution in [0.3, 0.4) is 0 Å². The number of hydrogen-bond donors (Lipinski definition) is 1. The monoisotopic (exact) mass is 363 g/mol. The number of hydrogen-bond acceptors (Lipinski definition) is 3. The fourth-order valence-corrected chi connectivity index (χ4v) is 3.51. The molecule has 1 N–H and O–H groups in total. The Kier molecular flexibility index (Phi) is 4.34. The Bertz CT molecular complexity index is 982. The van der Waals surface area contributed by atoms with Crippen molar-refractivity contribution in [1.29, 1.82) is 0 Å². The van der Waals surface area contributed by atoms with E-state index in [1.807, 2.05) is 60.8 Å². The second kappa shape index (κ2) is 6.68. The molecule has 0 unspecified atom stereocenters. The van der Waals surface area contributed by atoms with E-state index in [9.17, 15) is 4.79 Å². The van der Waals surface area contributed by atoms with Gasteiger partial charge in [0.15, 0.2) is 0 Å². The van der Waals surface area contributed by atoms with Gasteiger partial charge in [0.2, 0.25) is 0 Å². The molecule has 0 saturated heterocycles.